The summed E-state index contributed by atoms with van der Waals surface area (Å²) in [6, 6.07) is 10.3. The third kappa shape index (κ3) is 6.11. The zero-order chi connectivity index (χ0) is 27.7. The van der Waals surface area contributed by atoms with Crippen LogP contribution in [0.4, 0.5) is 0 Å². The molecule has 0 bridgehead atoms. The molecule has 2 aliphatic carbocycles. The number of H-pyrrole nitrogens is 1. The molecule has 0 spiro atoms. The molecule has 0 radical (unpaired) electrons. The Morgan fingerprint density at radius 2 is 1.77 bits per heavy atom. The summed E-state index contributed by atoms with van der Waals surface area (Å²) < 4.78 is 6.19. The van der Waals surface area contributed by atoms with Crippen LogP contribution in [-0.2, 0) is 9.59 Å². The highest BCUT2D eigenvalue weighted by Gasteiger charge is 2.34. The number of nitrogens with zero attached hydrogens (tertiary/aromatic N) is 2. The first-order chi connectivity index (χ1) is 18.6. The van der Waals surface area contributed by atoms with Crippen LogP contribution in [0.5, 0.6) is 6.01 Å². The molecule has 1 aromatic carbocycles. The van der Waals surface area contributed by atoms with Gasteiger partial charge in [-0.1, -0.05) is 41.9 Å². The quantitative estimate of drug-likeness (QED) is 0.313. The SMILES string of the molecule is CC(=O)NC(C)(C)[C@H]1CC[C@H](Oc2nc3nc(-c4ccc(C5=CCC(C(=O)O)CC5)cc4)c(Cl)cc3[nH]2)CC1. The second-order valence-electron chi connectivity index (χ2n) is 11.3. The van der Waals surface area contributed by atoms with Crippen molar-refractivity contribution in [2.75, 3.05) is 0 Å². The van der Waals surface area contributed by atoms with E-state index in [9.17, 15) is 14.7 Å². The summed E-state index contributed by atoms with van der Waals surface area (Å²) in [4.78, 5) is 35.3. The predicted octanol–water partition coefficient (Wildman–Crippen LogP) is 6.40. The van der Waals surface area contributed by atoms with E-state index in [4.69, 9.17) is 21.3 Å². The number of benzene rings is 1. The number of carboxylic acids is 1. The van der Waals surface area contributed by atoms with E-state index < -0.39 is 5.97 Å². The molecule has 9 heteroatoms. The van der Waals surface area contributed by atoms with Gasteiger partial charge in [0.05, 0.1) is 22.2 Å². The Labute approximate surface area is 233 Å². The maximum atomic E-state index is 11.6. The van der Waals surface area contributed by atoms with E-state index in [-0.39, 0.29) is 23.5 Å². The number of carboxylic acid groups (broad SMARTS) is 1. The number of fused-ring (bicyclic) bond motifs is 1. The van der Waals surface area contributed by atoms with Gasteiger partial charge in [0, 0.05) is 18.0 Å². The molecule has 1 fully saturated rings. The second kappa shape index (κ2) is 11.0. The molecule has 5 rings (SSSR count). The summed E-state index contributed by atoms with van der Waals surface area (Å²) in [5.74, 6) is -0.608. The van der Waals surface area contributed by atoms with Gasteiger partial charge in [-0.2, -0.15) is 4.98 Å². The van der Waals surface area contributed by atoms with Crippen LogP contribution in [0.3, 0.4) is 0 Å². The summed E-state index contributed by atoms with van der Waals surface area (Å²) in [6.45, 7) is 5.74. The van der Waals surface area contributed by atoms with Crippen LogP contribution in [0.1, 0.15) is 71.3 Å². The summed E-state index contributed by atoms with van der Waals surface area (Å²) in [5, 5.41) is 12.8. The molecule has 8 nitrogen and oxygen atoms in total. The Morgan fingerprint density at radius 3 is 2.38 bits per heavy atom. The van der Waals surface area contributed by atoms with E-state index in [1.54, 1.807) is 6.92 Å². The van der Waals surface area contributed by atoms with Gasteiger partial charge in [-0.3, -0.25) is 9.59 Å². The molecule has 2 aliphatic rings. The van der Waals surface area contributed by atoms with E-state index in [1.165, 1.54) is 5.57 Å². The van der Waals surface area contributed by atoms with Crippen LogP contribution in [0.15, 0.2) is 36.4 Å². The number of carbonyl (C=O) groups excluding carboxylic acids is 1. The van der Waals surface area contributed by atoms with Gasteiger partial charge in [0.15, 0.2) is 5.65 Å². The lowest BCUT2D eigenvalue weighted by molar-refractivity contribution is -0.141. The smallest absolute Gasteiger partial charge is 0.306 e. The van der Waals surface area contributed by atoms with E-state index >= 15 is 0 Å². The number of nitrogens with one attached hydrogen (secondary N) is 2. The molecule has 3 aromatic rings. The zero-order valence-electron chi connectivity index (χ0n) is 22.6. The summed E-state index contributed by atoms with van der Waals surface area (Å²) >= 11 is 6.62. The Morgan fingerprint density at radius 1 is 1.08 bits per heavy atom. The molecule has 1 unspecified atom stereocenters. The van der Waals surface area contributed by atoms with Crippen LogP contribution >= 0.6 is 11.6 Å². The average molecular weight is 551 g/mol. The van der Waals surface area contributed by atoms with Gasteiger partial charge in [-0.25, -0.2) is 4.98 Å². The number of imidazole rings is 1. The maximum absolute atomic E-state index is 11.6. The van der Waals surface area contributed by atoms with Crippen molar-refractivity contribution in [3.8, 4) is 17.3 Å². The Bertz CT molecular complexity index is 1400. The average Bonchev–Trinajstić information content (AvgIpc) is 3.29. The lowest BCUT2D eigenvalue weighted by Gasteiger charge is -2.39. The lowest BCUT2D eigenvalue weighted by atomic mass is 9.76. The minimum Gasteiger partial charge on any atom is -0.481 e. The number of amides is 1. The summed E-state index contributed by atoms with van der Waals surface area (Å²) in [7, 11) is 0. The molecular formula is C30H35ClN4O4. The van der Waals surface area contributed by atoms with Crippen molar-refractivity contribution in [2.24, 2.45) is 11.8 Å². The highest BCUT2D eigenvalue weighted by Crippen LogP contribution is 2.36. The van der Waals surface area contributed by atoms with Gasteiger partial charge in [0.25, 0.3) is 6.01 Å². The molecule has 1 saturated carbocycles. The van der Waals surface area contributed by atoms with Crippen molar-refractivity contribution in [1.29, 1.82) is 0 Å². The summed E-state index contributed by atoms with van der Waals surface area (Å²) in [5.41, 5.74) is 4.83. The van der Waals surface area contributed by atoms with Gasteiger partial charge in [-0.05, 0) is 81.9 Å². The third-order valence-corrected chi connectivity index (χ3v) is 8.45. The van der Waals surface area contributed by atoms with Crippen molar-refractivity contribution in [1.82, 2.24) is 20.3 Å². The van der Waals surface area contributed by atoms with Crippen LogP contribution in [0.25, 0.3) is 28.0 Å². The first-order valence-corrected chi connectivity index (χ1v) is 14.0. The normalized spacial score (nSPS) is 21.8. The number of halogens is 1. The fraction of sp³-hybridized carbons (Fsp3) is 0.467. The van der Waals surface area contributed by atoms with E-state index in [2.05, 4.69) is 29.1 Å². The zero-order valence-corrected chi connectivity index (χ0v) is 23.3. The lowest BCUT2D eigenvalue weighted by Crippen LogP contribution is -2.49. The van der Waals surface area contributed by atoms with Crippen molar-refractivity contribution in [3.63, 3.8) is 0 Å². The van der Waals surface area contributed by atoms with E-state index in [0.29, 0.717) is 41.1 Å². The molecule has 1 amide bonds. The molecule has 206 valence electrons. The number of ether oxygens (including phenoxy) is 1. The first kappa shape index (κ1) is 27.2. The number of allylic oxidation sites excluding steroid dienone is 2. The number of aromatic amines is 1. The fourth-order valence-corrected chi connectivity index (χ4v) is 6.19. The Balaban J connectivity index is 1.25. The van der Waals surface area contributed by atoms with Crippen LogP contribution in [0.2, 0.25) is 5.02 Å². The minimum atomic E-state index is -0.723. The maximum Gasteiger partial charge on any atom is 0.306 e. The number of pyridine rings is 1. The molecule has 39 heavy (non-hydrogen) atoms. The molecule has 0 aliphatic heterocycles. The number of carbonyl (C=O) groups is 2. The minimum absolute atomic E-state index is 0.000546. The molecule has 3 N–H and O–H groups in total. The molecule has 2 aromatic heterocycles. The van der Waals surface area contributed by atoms with E-state index in [0.717, 1.165) is 48.7 Å². The van der Waals surface area contributed by atoms with E-state index in [1.807, 2.05) is 36.4 Å². The molecule has 2 heterocycles. The molecular weight excluding hydrogens is 516 g/mol. The third-order valence-electron chi connectivity index (χ3n) is 8.17. The van der Waals surface area contributed by atoms with Gasteiger partial charge < -0.3 is 20.1 Å². The van der Waals surface area contributed by atoms with Crippen LogP contribution in [-0.4, -0.2) is 43.6 Å². The van der Waals surface area contributed by atoms with Crippen molar-refractivity contribution in [2.45, 2.75) is 77.4 Å². The monoisotopic (exact) mass is 550 g/mol. The van der Waals surface area contributed by atoms with Crippen molar-refractivity contribution >= 4 is 40.2 Å². The van der Waals surface area contributed by atoms with Crippen molar-refractivity contribution < 1.29 is 19.4 Å². The number of rotatable bonds is 7. The number of hydrogen-bond acceptors (Lipinski definition) is 5. The second-order valence-corrected chi connectivity index (χ2v) is 11.7. The van der Waals surface area contributed by atoms with Crippen LogP contribution in [0, 0.1) is 11.8 Å². The molecule has 0 saturated heterocycles. The fourth-order valence-electron chi connectivity index (χ4n) is 5.93. The van der Waals surface area contributed by atoms with Gasteiger partial charge in [0.1, 0.15) is 6.10 Å². The van der Waals surface area contributed by atoms with Gasteiger partial charge in [-0.15, -0.1) is 0 Å². The highest BCUT2D eigenvalue weighted by molar-refractivity contribution is 6.33. The Hall–Kier alpha value is -3.39. The van der Waals surface area contributed by atoms with Crippen LogP contribution < -0.4 is 10.1 Å². The van der Waals surface area contributed by atoms with Gasteiger partial charge in [0.2, 0.25) is 5.91 Å². The Kier molecular flexibility index (Phi) is 7.67. The standard InChI is InChI=1S/C30H35ClN4O4/c1-17(36)35-30(2,3)22-12-14-23(15-13-22)39-29-32-25-16-24(31)26(33-27(25)34-29)20-8-4-18(5-9-20)19-6-10-21(11-7-19)28(37)38/h4-6,8-9,16,21-23H,7,10-15H2,1-3H3,(H,35,36)(H,37,38)(H,32,33,34)/t21?,22-,23-. The first-order valence-electron chi connectivity index (χ1n) is 13.6. The van der Waals surface area contributed by atoms with Crippen molar-refractivity contribution in [3.05, 3.63) is 47.0 Å². The highest BCUT2D eigenvalue weighted by atomic mass is 35.5. The van der Waals surface area contributed by atoms with Gasteiger partial charge >= 0.3 is 5.97 Å². The predicted molar refractivity (Wildman–Crippen MR) is 152 cm³/mol. The molecule has 1 atom stereocenters. The topological polar surface area (TPSA) is 117 Å². The largest absolute Gasteiger partial charge is 0.481 e. The number of hydrogen-bond donors (Lipinski definition) is 3. The summed E-state index contributed by atoms with van der Waals surface area (Å²) in [6.07, 6.45) is 7.80. The number of aromatic nitrogens is 3. The number of aliphatic carboxylic acids is 1.